The van der Waals surface area contributed by atoms with Crippen molar-refractivity contribution in [1.82, 2.24) is 0 Å². The summed E-state index contributed by atoms with van der Waals surface area (Å²) in [6.45, 7) is 6.61. The van der Waals surface area contributed by atoms with Crippen LogP contribution in [0.5, 0.6) is 5.75 Å². The molecule has 0 aliphatic heterocycles. The third-order valence-electron chi connectivity index (χ3n) is 4.09. The van der Waals surface area contributed by atoms with Crippen molar-refractivity contribution in [3.63, 3.8) is 0 Å². The topological polar surface area (TPSA) is 40.5 Å². The zero-order valence-corrected chi connectivity index (χ0v) is 10.9. The number of aryl methyl sites for hydroxylation is 1. The highest BCUT2D eigenvalue weighted by molar-refractivity contribution is 5.46. The second kappa shape index (κ2) is 4.69. The number of benzene rings is 1. The Hall–Kier alpha value is -1.02. The van der Waals surface area contributed by atoms with Gasteiger partial charge in [0.05, 0.1) is 0 Å². The molecule has 94 valence electrons. The molecule has 2 nitrogen and oxygen atoms in total. The van der Waals surface area contributed by atoms with Crippen LogP contribution in [0.3, 0.4) is 0 Å². The van der Waals surface area contributed by atoms with Crippen LogP contribution in [0.15, 0.2) is 12.1 Å². The molecule has 0 heterocycles. The van der Waals surface area contributed by atoms with Crippen molar-refractivity contribution in [2.45, 2.75) is 45.4 Å². The van der Waals surface area contributed by atoms with Crippen LogP contribution < -0.4 is 0 Å². The minimum Gasteiger partial charge on any atom is -0.508 e. The van der Waals surface area contributed by atoms with E-state index in [1.807, 2.05) is 13.0 Å². The molecular formula is C15H22O2. The summed E-state index contributed by atoms with van der Waals surface area (Å²) in [4.78, 5) is 0. The van der Waals surface area contributed by atoms with Crippen molar-refractivity contribution < 1.29 is 10.2 Å². The predicted molar refractivity (Wildman–Crippen MR) is 69.5 cm³/mol. The van der Waals surface area contributed by atoms with Crippen molar-refractivity contribution in [2.75, 3.05) is 6.61 Å². The summed E-state index contributed by atoms with van der Waals surface area (Å²) in [6.07, 6.45) is 2.16. The monoisotopic (exact) mass is 234 g/mol. The van der Waals surface area contributed by atoms with Gasteiger partial charge in [-0.25, -0.2) is 0 Å². The predicted octanol–water partition coefficient (Wildman–Crippen LogP) is 3.31. The first kappa shape index (κ1) is 12.4. The van der Waals surface area contributed by atoms with E-state index in [2.05, 4.69) is 19.9 Å². The second-order valence-electron chi connectivity index (χ2n) is 5.57. The van der Waals surface area contributed by atoms with Crippen LogP contribution in [0.1, 0.15) is 55.2 Å². The van der Waals surface area contributed by atoms with E-state index in [0.29, 0.717) is 17.6 Å². The standard InChI is InChI=1S/C15H22O2/c1-9(2)12-5-4-11(8-16)13-7-15(17)10(3)6-14(12)13/h6-7,9,11-12,16-17H,4-5,8H2,1-3H3/t11-,12-/m0/s1. The van der Waals surface area contributed by atoms with Gasteiger partial charge < -0.3 is 10.2 Å². The van der Waals surface area contributed by atoms with E-state index in [-0.39, 0.29) is 12.5 Å². The Morgan fingerprint density at radius 1 is 1.24 bits per heavy atom. The molecule has 1 aliphatic carbocycles. The summed E-state index contributed by atoms with van der Waals surface area (Å²) in [5.74, 6) is 1.72. The molecule has 0 unspecified atom stereocenters. The molecule has 17 heavy (non-hydrogen) atoms. The average Bonchev–Trinajstić information content (AvgIpc) is 2.29. The van der Waals surface area contributed by atoms with Crippen LogP contribution in [0.25, 0.3) is 0 Å². The smallest absolute Gasteiger partial charge is 0.118 e. The third-order valence-corrected chi connectivity index (χ3v) is 4.09. The summed E-state index contributed by atoms with van der Waals surface area (Å²) in [7, 11) is 0. The molecule has 2 N–H and O–H groups in total. The van der Waals surface area contributed by atoms with Gasteiger partial charge in [0.25, 0.3) is 0 Å². The van der Waals surface area contributed by atoms with Crippen LogP contribution in [0.4, 0.5) is 0 Å². The molecule has 0 radical (unpaired) electrons. The highest BCUT2D eigenvalue weighted by atomic mass is 16.3. The highest BCUT2D eigenvalue weighted by Gasteiger charge is 2.29. The molecule has 2 atom stereocenters. The second-order valence-corrected chi connectivity index (χ2v) is 5.57. The fraction of sp³-hybridized carbons (Fsp3) is 0.600. The maximum absolute atomic E-state index is 9.83. The van der Waals surface area contributed by atoms with E-state index in [0.717, 1.165) is 24.0 Å². The van der Waals surface area contributed by atoms with Gasteiger partial charge in [0, 0.05) is 12.5 Å². The quantitative estimate of drug-likeness (QED) is 0.824. The zero-order chi connectivity index (χ0) is 12.6. The molecule has 0 saturated carbocycles. The number of phenolic OH excluding ortho intramolecular Hbond substituents is 1. The average molecular weight is 234 g/mol. The van der Waals surface area contributed by atoms with Gasteiger partial charge in [0.1, 0.15) is 5.75 Å². The molecule has 0 fully saturated rings. The number of hydrogen-bond acceptors (Lipinski definition) is 2. The van der Waals surface area contributed by atoms with E-state index < -0.39 is 0 Å². The molecule has 2 heteroatoms. The number of aromatic hydroxyl groups is 1. The van der Waals surface area contributed by atoms with E-state index in [9.17, 15) is 10.2 Å². The fourth-order valence-corrected chi connectivity index (χ4v) is 2.98. The lowest BCUT2D eigenvalue weighted by atomic mass is 9.72. The number of fused-ring (bicyclic) bond motifs is 1. The van der Waals surface area contributed by atoms with Gasteiger partial charge in [-0.15, -0.1) is 0 Å². The summed E-state index contributed by atoms with van der Waals surface area (Å²) >= 11 is 0. The van der Waals surface area contributed by atoms with Crippen LogP contribution in [-0.2, 0) is 0 Å². The summed E-state index contributed by atoms with van der Waals surface area (Å²) in [6, 6.07) is 3.97. The van der Waals surface area contributed by atoms with Crippen LogP contribution in [0, 0.1) is 12.8 Å². The lowest BCUT2D eigenvalue weighted by Crippen LogP contribution is -2.20. The molecule has 0 bridgehead atoms. The van der Waals surface area contributed by atoms with Crippen LogP contribution >= 0.6 is 0 Å². The number of rotatable bonds is 2. The Bertz CT molecular complexity index is 410. The zero-order valence-electron chi connectivity index (χ0n) is 10.9. The number of phenols is 1. The lowest BCUT2D eigenvalue weighted by molar-refractivity contribution is 0.242. The maximum Gasteiger partial charge on any atom is 0.118 e. The first-order valence-corrected chi connectivity index (χ1v) is 6.48. The van der Waals surface area contributed by atoms with Gasteiger partial charge in [-0.1, -0.05) is 19.9 Å². The van der Waals surface area contributed by atoms with Gasteiger partial charge >= 0.3 is 0 Å². The Morgan fingerprint density at radius 2 is 1.94 bits per heavy atom. The van der Waals surface area contributed by atoms with E-state index in [4.69, 9.17) is 0 Å². The van der Waals surface area contributed by atoms with Gasteiger partial charge in [-0.05, 0) is 54.4 Å². The maximum atomic E-state index is 9.83. The molecule has 0 saturated heterocycles. The first-order chi connectivity index (χ1) is 8.04. The Balaban J connectivity index is 2.51. The summed E-state index contributed by atoms with van der Waals surface area (Å²) in [5, 5.41) is 19.3. The first-order valence-electron chi connectivity index (χ1n) is 6.48. The highest BCUT2D eigenvalue weighted by Crippen LogP contribution is 2.44. The summed E-state index contributed by atoms with van der Waals surface area (Å²) in [5.41, 5.74) is 3.43. The molecule has 0 aromatic heterocycles. The SMILES string of the molecule is Cc1cc2c(cc1O)[C@H](CO)CC[C@H]2C(C)C. The van der Waals surface area contributed by atoms with Crippen molar-refractivity contribution in [3.05, 3.63) is 28.8 Å². The molecule has 2 rings (SSSR count). The van der Waals surface area contributed by atoms with Crippen molar-refractivity contribution in [3.8, 4) is 5.75 Å². The van der Waals surface area contributed by atoms with E-state index in [1.165, 1.54) is 5.56 Å². The molecule has 1 aromatic carbocycles. The largest absolute Gasteiger partial charge is 0.508 e. The molecule has 0 amide bonds. The van der Waals surface area contributed by atoms with Crippen molar-refractivity contribution >= 4 is 0 Å². The van der Waals surface area contributed by atoms with Crippen molar-refractivity contribution in [1.29, 1.82) is 0 Å². The van der Waals surface area contributed by atoms with Gasteiger partial charge in [-0.2, -0.15) is 0 Å². The third kappa shape index (κ3) is 2.19. The Morgan fingerprint density at radius 3 is 2.53 bits per heavy atom. The molecule has 1 aromatic rings. The number of hydrogen-bond donors (Lipinski definition) is 2. The van der Waals surface area contributed by atoms with Crippen LogP contribution in [-0.4, -0.2) is 16.8 Å². The number of aliphatic hydroxyl groups excluding tert-OH is 1. The Labute approximate surface area is 103 Å². The summed E-state index contributed by atoms with van der Waals surface area (Å²) < 4.78 is 0. The normalized spacial score (nSPS) is 23.8. The molecule has 0 spiro atoms. The number of aliphatic hydroxyl groups is 1. The fourth-order valence-electron chi connectivity index (χ4n) is 2.98. The molecule has 1 aliphatic rings. The minimum atomic E-state index is 0.181. The van der Waals surface area contributed by atoms with Crippen molar-refractivity contribution in [2.24, 2.45) is 5.92 Å². The van der Waals surface area contributed by atoms with E-state index in [1.54, 1.807) is 0 Å². The van der Waals surface area contributed by atoms with Gasteiger partial charge in [0.15, 0.2) is 0 Å². The van der Waals surface area contributed by atoms with Gasteiger partial charge in [0.2, 0.25) is 0 Å². The van der Waals surface area contributed by atoms with E-state index >= 15 is 0 Å². The van der Waals surface area contributed by atoms with Crippen LogP contribution in [0.2, 0.25) is 0 Å². The lowest BCUT2D eigenvalue weighted by Gasteiger charge is -2.33. The molecular weight excluding hydrogens is 212 g/mol. The Kier molecular flexibility index (Phi) is 3.43. The van der Waals surface area contributed by atoms with Gasteiger partial charge in [-0.3, -0.25) is 0 Å². The minimum absolute atomic E-state index is 0.181.